The Morgan fingerprint density at radius 2 is 1.29 bits per heavy atom. The third kappa shape index (κ3) is 5.53. The van der Waals surface area contributed by atoms with E-state index < -0.39 is 0 Å². The highest BCUT2D eigenvalue weighted by molar-refractivity contribution is 5.81. The van der Waals surface area contributed by atoms with E-state index >= 15 is 0 Å². The highest BCUT2D eigenvalue weighted by Crippen LogP contribution is 2.23. The second-order valence-corrected chi connectivity index (χ2v) is 7.87. The molecule has 0 radical (unpaired) electrons. The number of aromatic nitrogens is 3. The van der Waals surface area contributed by atoms with Gasteiger partial charge < -0.3 is 19.3 Å². The quantitative estimate of drug-likeness (QED) is 0.534. The summed E-state index contributed by atoms with van der Waals surface area (Å²) in [6.07, 6.45) is 8.91. The molecule has 9 heteroatoms. The first kappa shape index (κ1) is 21.1. The zero-order chi connectivity index (χ0) is 21.5. The van der Waals surface area contributed by atoms with E-state index in [9.17, 15) is 0 Å². The molecule has 0 amide bonds. The van der Waals surface area contributed by atoms with E-state index in [0.717, 1.165) is 43.6 Å². The van der Waals surface area contributed by atoms with Crippen LogP contribution >= 0.6 is 0 Å². The van der Waals surface area contributed by atoms with E-state index in [1.54, 1.807) is 20.4 Å². The molecule has 3 heterocycles. The van der Waals surface area contributed by atoms with E-state index in [2.05, 4.69) is 30.3 Å². The maximum Gasteiger partial charge on any atom is 0.250 e. The molecule has 2 saturated heterocycles. The van der Waals surface area contributed by atoms with E-state index in [4.69, 9.17) is 14.5 Å². The number of hydrazone groups is 1. The van der Waals surface area contributed by atoms with Crippen molar-refractivity contribution in [3.05, 3.63) is 23.8 Å². The SMILES string of the molecule is COc1cc(/C=N\Nc2nc(N3CCCCC3)nc(N3CCCCC3)n2)cc(OC)c1. The van der Waals surface area contributed by atoms with Crippen LogP contribution in [-0.2, 0) is 0 Å². The van der Waals surface area contributed by atoms with Crippen molar-refractivity contribution in [2.24, 2.45) is 5.10 Å². The predicted molar refractivity (Wildman–Crippen MR) is 123 cm³/mol. The average Bonchev–Trinajstić information content (AvgIpc) is 2.84. The van der Waals surface area contributed by atoms with Gasteiger partial charge in [0.25, 0.3) is 0 Å². The minimum Gasteiger partial charge on any atom is -0.497 e. The Hall–Kier alpha value is -3.10. The average molecular weight is 426 g/mol. The molecule has 166 valence electrons. The molecule has 2 aliphatic heterocycles. The number of rotatable bonds is 7. The number of methoxy groups -OCH3 is 2. The van der Waals surface area contributed by atoms with Gasteiger partial charge in [-0.2, -0.15) is 20.1 Å². The van der Waals surface area contributed by atoms with Crippen LogP contribution in [0.3, 0.4) is 0 Å². The minimum absolute atomic E-state index is 0.460. The van der Waals surface area contributed by atoms with E-state index in [1.165, 1.54) is 38.5 Å². The Morgan fingerprint density at radius 3 is 1.77 bits per heavy atom. The molecular weight excluding hydrogens is 394 g/mol. The van der Waals surface area contributed by atoms with Crippen LogP contribution in [0.1, 0.15) is 44.1 Å². The van der Waals surface area contributed by atoms with Gasteiger partial charge in [0.1, 0.15) is 11.5 Å². The summed E-state index contributed by atoms with van der Waals surface area (Å²) < 4.78 is 10.6. The number of nitrogens with zero attached hydrogens (tertiary/aromatic N) is 6. The Morgan fingerprint density at radius 1 is 0.774 bits per heavy atom. The molecule has 0 atom stereocenters. The molecule has 31 heavy (non-hydrogen) atoms. The van der Waals surface area contributed by atoms with Crippen LogP contribution < -0.4 is 24.7 Å². The summed E-state index contributed by atoms with van der Waals surface area (Å²) in [6.45, 7) is 3.93. The smallest absolute Gasteiger partial charge is 0.250 e. The summed E-state index contributed by atoms with van der Waals surface area (Å²) in [5, 5.41) is 4.36. The minimum atomic E-state index is 0.460. The van der Waals surface area contributed by atoms with Crippen molar-refractivity contribution in [3.8, 4) is 11.5 Å². The Kier molecular flexibility index (Phi) is 7.01. The molecule has 1 aromatic carbocycles. The molecule has 4 rings (SSSR count). The first-order valence-electron chi connectivity index (χ1n) is 11.0. The van der Waals surface area contributed by atoms with Gasteiger partial charge in [-0.1, -0.05) is 0 Å². The molecule has 0 unspecified atom stereocenters. The number of hydrogen-bond donors (Lipinski definition) is 1. The fourth-order valence-electron chi connectivity index (χ4n) is 3.94. The lowest BCUT2D eigenvalue weighted by Gasteiger charge is -2.30. The van der Waals surface area contributed by atoms with Crippen molar-refractivity contribution in [3.63, 3.8) is 0 Å². The number of nitrogens with one attached hydrogen (secondary N) is 1. The van der Waals surface area contributed by atoms with Crippen LogP contribution in [0.25, 0.3) is 0 Å². The third-order valence-corrected chi connectivity index (χ3v) is 5.64. The van der Waals surface area contributed by atoms with Crippen LogP contribution in [-0.4, -0.2) is 61.6 Å². The second-order valence-electron chi connectivity index (χ2n) is 7.87. The largest absolute Gasteiger partial charge is 0.497 e. The van der Waals surface area contributed by atoms with Crippen molar-refractivity contribution in [1.29, 1.82) is 0 Å². The van der Waals surface area contributed by atoms with Gasteiger partial charge in [-0.25, -0.2) is 5.43 Å². The fourth-order valence-corrected chi connectivity index (χ4v) is 3.94. The lowest BCUT2D eigenvalue weighted by atomic mass is 10.1. The van der Waals surface area contributed by atoms with Gasteiger partial charge in [-0.15, -0.1) is 0 Å². The van der Waals surface area contributed by atoms with Crippen molar-refractivity contribution in [2.45, 2.75) is 38.5 Å². The number of ether oxygens (including phenoxy) is 2. The van der Waals surface area contributed by atoms with Gasteiger partial charge in [0.2, 0.25) is 17.8 Å². The molecule has 2 aliphatic rings. The number of piperidine rings is 2. The molecule has 1 aromatic heterocycles. The molecule has 2 aromatic rings. The van der Waals surface area contributed by atoms with Gasteiger partial charge in [-0.05, 0) is 50.7 Å². The maximum atomic E-state index is 5.32. The third-order valence-electron chi connectivity index (χ3n) is 5.64. The van der Waals surface area contributed by atoms with E-state index in [0.29, 0.717) is 17.4 Å². The lowest BCUT2D eigenvalue weighted by Crippen LogP contribution is -2.34. The van der Waals surface area contributed by atoms with Crippen LogP contribution in [0.4, 0.5) is 17.8 Å². The van der Waals surface area contributed by atoms with Crippen molar-refractivity contribution in [2.75, 3.05) is 55.6 Å². The lowest BCUT2D eigenvalue weighted by molar-refractivity contribution is 0.394. The summed E-state index contributed by atoms with van der Waals surface area (Å²) in [5.74, 6) is 3.34. The molecule has 0 bridgehead atoms. The molecule has 1 N–H and O–H groups in total. The van der Waals surface area contributed by atoms with Gasteiger partial charge in [0.15, 0.2) is 0 Å². The molecular formula is C22H31N7O2. The standard InChI is InChI=1S/C22H31N7O2/c1-30-18-13-17(14-19(15-18)31-2)16-23-27-20-24-21(28-9-5-3-6-10-28)26-22(25-20)29-11-7-4-8-12-29/h13-16H,3-12H2,1-2H3,(H,24,25,26,27)/b23-16-. The summed E-state index contributed by atoms with van der Waals surface area (Å²) in [4.78, 5) is 18.6. The summed E-state index contributed by atoms with van der Waals surface area (Å²) in [5.41, 5.74) is 3.85. The highest BCUT2D eigenvalue weighted by atomic mass is 16.5. The Labute approximate surface area is 183 Å². The highest BCUT2D eigenvalue weighted by Gasteiger charge is 2.20. The molecule has 0 aliphatic carbocycles. The zero-order valence-corrected chi connectivity index (χ0v) is 18.4. The maximum absolute atomic E-state index is 5.32. The topological polar surface area (TPSA) is 88.0 Å². The second kappa shape index (κ2) is 10.3. The first-order chi connectivity index (χ1) is 15.2. The van der Waals surface area contributed by atoms with Crippen LogP contribution in [0.15, 0.2) is 23.3 Å². The van der Waals surface area contributed by atoms with E-state index in [-0.39, 0.29) is 0 Å². The van der Waals surface area contributed by atoms with Gasteiger partial charge >= 0.3 is 0 Å². The molecule has 0 spiro atoms. The number of anilines is 3. The van der Waals surface area contributed by atoms with Crippen LogP contribution in [0.2, 0.25) is 0 Å². The normalized spacial score (nSPS) is 17.1. The van der Waals surface area contributed by atoms with Gasteiger partial charge in [-0.3, -0.25) is 0 Å². The summed E-state index contributed by atoms with van der Waals surface area (Å²) >= 11 is 0. The van der Waals surface area contributed by atoms with Crippen molar-refractivity contribution >= 4 is 24.1 Å². The zero-order valence-electron chi connectivity index (χ0n) is 18.4. The monoisotopic (exact) mass is 425 g/mol. The first-order valence-corrected chi connectivity index (χ1v) is 11.0. The summed E-state index contributed by atoms with van der Waals surface area (Å²) in [6, 6.07) is 5.60. The van der Waals surface area contributed by atoms with Gasteiger partial charge in [0.05, 0.1) is 20.4 Å². The van der Waals surface area contributed by atoms with Crippen LogP contribution in [0.5, 0.6) is 11.5 Å². The van der Waals surface area contributed by atoms with Crippen molar-refractivity contribution < 1.29 is 9.47 Å². The Balaban J connectivity index is 1.55. The van der Waals surface area contributed by atoms with Crippen molar-refractivity contribution in [1.82, 2.24) is 15.0 Å². The predicted octanol–water partition coefficient (Wildman–Crippen LogP) is 3.32. The Bertz CT molecular complexity index is 835. The van der Waals surface area contributed by atoms with Crippen LogP contribution in [0, 0.1) is 0 Å². The fraction of sp³-hybridized carbons (Fsp3) is 0.545. The number of benzene rings is 1. The molecule has 2 fully saturated rings. The van der Waals surface area contributed by atoms with E-state index in [1.807, 2.05) is 18.2 Å². The molecule has 9 nitrogen and oxygen atoms in total. The number of hydrogen-bond acceptors (Lipinski definition) is 9. The summed E-state index contributed by atoms with van der Waals surface area (Å²) in [7, 11) is 3.26. The molecule has 0 saturated carbocycles. The van der Waals surface area contributed by atoms with Gasteiger partial charge in [0, 0.05) is 37.8 Å².